The van der Waals surface area contributed by atoms with Crippen LogP contribution in [0.3, 0.4) is 0 Å². The number of aromatic nitrogens is 2. The zero-order valence-electron chi connectivity index (χ0n) is 10.4. The molecule has 2 N–H and O–H groups in total. The molecule has 0 aromatic carbocycles. The van der Waals surface area contributed by atoms with E-state index in [0.29, 0.717) is 6.20 Å². The van der Waals surface area contributed by atoms with Gasteiger partial charge in [-0.15, -0.1) is 0 Å². The summed E-state index contributed by atoms with van der Waals surface area (Å²) in [5.41, 5.74) is -0.828. The average molecular weight is 367 g/mol. The molecular formula is C9H9F3N4O3Y. The molecule has 0 unspecified atom stereocenters. The maximum absolute atomic E-state index is 12.3. The Morgan fingerprint density at radius 3 is 2.50 bits per heavy atom. The molecule has 1 radical (unpaired) electrons. The first kappa shape index (κ1) is 18.7. The van der Waals surface area contributed by atoms with E-state index in [-0.39, 0.29) is 38.3 Å². The van der Waals surface area contributed by atoms with E-state index >= 15 is 0 Å². The first-order valence-electron chi connectivity index (χ1n) is 4.78. The number of alkyl halides is 3. The number of carbonyl (C=O) groups is 1. The number of rotatable bonds is 3. The van der Waals surface area contributed by atoms with Crippen LogP contribution in [0, 0.1) is 0 Å². The van der Waals surface area contributed by atoms with Gasteiger partial charge in [0.1, 0.15) is 7.11 Å². The van der Waals surface area contributed by atoms with Crippen molar-refractivity contribution in [2.75, 3.05) is 14.2 Å². The summed E-state index contributed by atoms with van der Waals surface area (Å²) in [6, 6.07) is 0. The minimum Gasteiger partial charge on any atom is -0.493 e. The molecule has 11 heteroatoms. The molecule has 107 valence electrons. The molecule has 1 heterocycles. The van der Waals surface area contributed by atoms with Gasteiger partial charge in [-0.05, 0) is 0 Å². The Bertz CT molecular complexity index is 522. The van der Waals surface area contributed by atoms with Crippen LogP contribution < -0.4 is 5.32 Å². The maximum atomic E-state index is 12.3. The molecule has 0 bridgehead atoms. The van der Waals surface area contributed by atoms with Crippen LogP contribution in [0.2, 0.25) is 0 Å². The Morgan fingerprint density at radius 1 is 1.50 bits per heavy atom. The monoisotopic (exact) mass is 367 g/mol. The van der Waals surface area contributed by atoms with E-state index in [4.69, 9.17) is 0 Å². The molecule has 0 atom stereocenters. The van der Waals surface area contributed by atoms with Crippen LogP contribution in [-0.2, 0) is 48.5 Å². The first-order valence-corrected chi connectivity index (χ1v) is 4.78. The van der Waals surface area contributed by atoms with Crippen molar-refractivity contribution in [2.24, 2.45) is 5.16 Å². The van der Waals surface area contributed by atoms with Crippen LogP contribution in [0.4, 0.5) is 13.2 Å². The van der Waals surface area contributed by atoms with Gasteiger partial charge in [-0.2, -0.15) is 18.2 Å². The largest absolute Gasteiger partial charge is 0.493 e. The van der Waals surface area contributed by atoms with Crippen LogP contribution in [0.5, 0.6) is 5.88 Å². The molecule has 0 saturated carbocycles. The molecule has 0 saturated heterocycles. The molecule has 20 heavy (non-hydrogen) atoms. The summed E-state index contributed by atoms with van der Waals surface area (Å²) in [5, 5.41) is 14.9. The van der Waals surface area contributed by atoms with Gasteiger partial charge in [0.05, 0.1) is 5.56 Å². The second kappa shape index (κ2) is 7.48. The quantitative estimate of drug-likeness (QED) is 0.592. The van der Waals surface area contributed by atoms with E-state index in [0.717, 1.165) is 7.11 Å². The maximum Gasteiger partial charge on any atom is 0.451 e. The third kappa shape index (κ3) is 4.37. The van der Waals surface area contributed by atoms with Crippen LogP contribution >= 0.6 is 0 Å². The fraction of sp³-hybridized carbons (Fsp3) is 0.333. The molecule has 0 fully saturated rings. The third-order valence-electron chi connectivity index (χ3n) is 1.90. The van der Waals surface area contributed by atoms with Crippen molar-refractivity contribution in [1.82, 2.24) is 15.3 Å². The van der Waals surface area contributed by atoms with Crippen molar-refractivity contribution in [3.05, 3.63) is 17.6 Å². The fourth-order valence-corrected chi connectivity index (χ4v) is 1.10. The van der Waals surface area contributed by atoms with Crippen LogP contribution in [0.1, 0.15) is 11.4 Å². The minimum atomic E-state index is -4.80. The van der Waals surface area contributed by atoms with Gasteiger partial charge in [0.25, 0.3) is 5.91 Å². The number of amides is 1. The van der Waals surface area contributed by atoms with Crippen molar-refractivity contribution in [3.63, 3.8) is 0 Å². The topological polar surface area (TPSA) is 96.7 Å². The van der Waals surface area contributed by atoms with Gasteiger partial charge in [0, 0.05) is 46.0 Å². The molecule has 1 aromatic rings. The minimum absolute atomic E-state index is 0. The van der Waals surface area contributed by atoms with Gasteiger partial charge in [0.2, 0.25) is 11.7 Å². The number of likely N-dealkylation sites (N-methyl/N-ethyl adjacent to an activating group) is 1. The van der Waals surface area contributed by atoms with E-state index in [1.54, 1.807) is 0 Å². The van der Waals surface area contributed by atoms with Crippen LogP contribution in [0.15, 0.2) is 11.4 Å². The molecule has 1 aromatic heterocycles. The van der Waals surface area contributed by atoms with Crippen molar-refractivity contribution < 1.29 is 60.6 Å². The molecule has 1 amide bonds. The van der Waals surface area contributed by atoms with E-state index in [1.807, 2.05) is 0 Å². The van der Waals surface area contributed by atoms with Crippen molar-refractivity contribution in [3.8, 4) is 5.88 Å². The van der Waals surface area contributed by atoms with Gasteiger partial charge in [-0.1, -0.05) is 5.16 Å². The van der Waals surface area contributed by atoms with Crippen LogP contribution in [0.25, 0.3) is 0 Å². The predicted octanol–water partition coefficient (Wildman–Crippen LogP) is 0.295. The number of oxime groups is 1. The summed E-state index contributed by atoms with van der Waals surface area (Å²) in [6.45, 7) is 0. The van der Waals surface area contributed by atoms with Gasteiger partial charge in [0.15, 0.2) is 5.71 Å². The number of hydrogen-bond donors (Lipinski definition) is 2. The molecule has 0 aliphatic carbocycles. The Balaban J connectivity index is 0.00000361. The van der Waals surface area contributed by atoms with Gasteiger partial charge >= 0.3 is 6.18 Å². The number of nitrogens with zero attached hydrogens (tertiary/aromatic N) is 3. The summed E-state index contributed by atoms with van der Waals surface area (Å²) in [7, 11) is 2.40. The SMILES string of the molecule is CNC(=O)/C(=N/OC)c1cnc(C(F)(F)F)nc1O.[Y]. The zero-order valence-corrected chi connectivity index (χ0v) is 13.2. The van der Waals surface area contributed by atoms with Gasteiger partial charge in [-0.25, -0.2) is 4.98 Å². The molecular weight excluding hydrogens is 358 g/mol. The third-order valence-corrected chi connectivity index (χ3v) is 1.90. The summed E-state index contributed by atoms with van der Waals surface area (Å²) < 4.78 is 36.9. The Kier molecular flexibility index (Phi) is 7.00. The fourth-order valence-electron chi connectivity index (χ4n) is 1.10. The second-order valence-electron chi connectivity index (χ2n) is 3.13. The van der Waals surface area contributed by atoms with Gasteiger partial charge < -0.3 is 15.3 Å². The van der Waals surface area contributed by atoms with E-state index in [1.165, 1.54) is 7.05 Å². The number of hydrogen-bond acceptors (Lipinski definition) is 6. The zero-order chi connectivity index (χ0) is 14.6. The summed E-state index contributed by atoms with van der Waals surface area (Å²) in [5.74, 6) is -3.33. The first-order chi connectivity index (χ1) is 8.81. The van der Waals surface area contributed by atoms with E-state index < -0.39 is 29.5 Å². The Morgan fingerprint density at radius 2 is 2.10 bits per heavy atom. The molecule has 0 aliphatic heterocycles. The molecule has 0 aliphatic rings. The number of aromatic hydroxyl groups is 1. The van der Waals surface area contributed by atoms with Gasteiger partial charge in [-0.3, -0.25) is 4.79 Å². The summed E-state index contributed by atoms with van der Waals surface area (Å²) in [4.78, 5) is 21.7. The predicted molar refractivity (Wildman–Crippen MR) is 56.3 cm³/mol. The molecule has 1 rings (SSSR count). The van der Waals surface area contributed by atoms with Crippen LogP contribution in [-0.4, -0.2) is 40.9 Å². The number of nitrogens with one attached hydrogen (secondary N) is 1. The summed E-state index contributed by atoms with van der Waals surface area (Å²) in [6.07, 6.45) is -4.17. The molecule has 7 nitrogen and oxygen atoms in total. The standard InChI is InChI=1S/C9H9F3N4O3.Y/c1-13-7(18)5(16-19-2)4-3-14-8(9(10,11)12)15-6(4)17;/h3H,1-2H3,(H,13,18)(H,14,15,17);/b16-5+;. The Hall–Kier alpha value is -1.29. The number of halogens is 3. The number of carbonyl (C=O) groups excluding carboxylic acids is 1. The average Bonchev–Trinajstić information content (AvgIpc) is 2.34. The smallest absolute Gasteiger partial charge is 0.451 e. The van der Waals surface area contributed by atoms with Crippen molar-refractivity contribution in [2.45, 2.75) is 6.18 Å². The van der Waals surface area contributed by atoms with E-state index in [9.17, 15) is 23.1 Å². The van der Waals surface area contributed by atoms with Crippen molar-refractivity contribution >= 4 is 11.6 Å². The van der Waals surface area contributed by atoms with E-state index in [2.05, 4.69) is 25.3 Å². The van der Waals surface area contributed by atoms with Crippen molar-refractivity contribution in [1.29, 1.82) is 0 Å². The Labute approximate surface area is 136 Å². The second-order valence-corrected chi connectivity index (χ2v) is 3.13. The normalized spacial score (nSPS) is 11.6. The summed E-state index contributed by atoms with van der Waals surface area (Å²) >= 11 is 0. The molecule has 0 spiro atoms.